The van der Waals surface area contributed by atoms with Crippen molar-refractivity contribution in [3.63, 3.8) is 0 Å². The van der Waals surface area contributed by atoms with Gasteiger partial charge in [-0.1, -0.05) is 41.6 Å². The number of alkyl halides is 1. The first kappa shape index (κ1) is 14.7. The third-order valence-corrected chi connectivity index (χ3v) is 3.03. The molecule has 0 aliphatic rings. The standard InChI is InChI=1S/C16H11Cl2FO/c17-7-3-4-12-8-14(19)10-15(9-12)20-11-13-5-1-2-6-16(13)18/h1-2,5-6,8-10H,7,11H2. The molecule has 0 N–H and O–H groups in total. The maximum Gasteiger partial charge on any atom is 0.128 e. The lowest BCUT2D eigenvalue weighted by atomic mass is 10.2. The highest BCUT2D eigenvalue weighted by molar-refractivity contribution is 6.31. The summed E-state index contributed by atoms with van der Waals surface area (Å²) in [6, 6.07) is 11.7. The Hall–Kier alpha value is -1.69. The summed E-state index contributed by atoms with van der Waals surface area (Å²) in [5.74, 6) is 5.64. The van der Waals surface area contributed by atoms with Gasteiger partial charge >= 0.3 is 0 Å². The van der Waals surface area contributed by atoms with Crippen LogP contribution in [0, 0.1) is 17.7 Å². The average Bonchev–Trinajstić information content (AvgIpc) is 2.44. The van der Waals surface area contributed by atoms with Gasteiger partial charge in [0.15, 0.2) is 0 Å². The molecule has 0 aromatic heterocycles. The largest absolute Gasteiger partial charge is 0.489 e. The van der Waals surface area contributed by atoms with Crippen LogP contribution in [0.2, 0.25) is 5.02 Å². The van der Waals surface area contributed by atoms with Gasteiger partial charge < -0.3 is 4.74 Å². The molecule has 0 heterocycles. The predicted octanol–water partition coefficient (Wildman–Crippen LogP) is 4.65. The molecule has 102 valence electrons. The molecular weight excluding hydrogens is 298 g/mol. The first-order valence-electron chi connectivity index (χ1n) is 5.90. The lowest BCUT2D eigenvalue weighted by Gasteiger charge is -2.08. The van der Waals surface area contributed by atoms with Crippen molar-refractivity contribution in [3.8, 4) is 17.6 Å². The second-order valence-corrected chi connectivity index (χ2v) is 4.67. The second-order valence-electron chi connectivity index (χ2n) is 3.99. The Morgan fingerprint density at radius 1 is 1.15 bits per heavy atom. The number of halogens is 3. The van der Waals surface area contributed by atoms with E-state index < -0.39 is 5.82 Å². The van der Waals surface area contributed by atoms with E-state index in [-0.39, 0.29) is 12.5 Å². The van der Waals surface area contributed by atoms with Crippen LogP contribution in [-0.2, 0) is 6.61 Å². The summed E-state index contributed by atoms with van der Waals surface area (Å²) in [6.07, 6.45) is 0. The van der Waals surface area contributed by atoms with Gasteiger partial charge in [0, 0.05) is 22.2 Å². The average molecular weight is 309 g/mol. The van der Waals surface area contributed by atoms with Crippen LogP contribution in [0.1, 0.15) is 11.1 Å². The summed E-state index contributed by atoms with van der Waals surface area (Å²) in [5, 5.41) is 0.617. The van der Waals surface area contributed by atoms with E-state index in [9.17, 15) is 4.39 Å². The monoisotopic (exact) mass is 308 g/mol. The zero-order valence-electron chi connectivity index (χ0n) is 10.5. The maximum atomic E-state index is 13.5. The Morgan fingerprint density at radius 2 is 1.95 bits per heavy atom. The molecule has 0 atom stereocenters. The van der Waals surface area contributed by atoms with E-state index in [1.165, 1.54) is 12.1 Å². The first-order valence-corrected chi connectivity index (χ1v) is 6.82. The number of hydrogen-bond donors (Lipinski definition) is 0. The quantitative estimate of drug-likeness (QED) is 0.592. The van der Waals surface area contributed by atoms with Crippen molar-refractivity contribution in [2.45, 2.75) is 6.61 Å². The van der Waals surface area contributed by atoms with Crippen LogP contribution in [0.4, 0.5) is 4.39 Å². The highest BCUT2D eigenvalue weighted by atomic mass is 35.5. The van der Waals surface area contributed by atoms with Gasteiger partial charge in [0.1, 0.15) is 18.2 Å². The van der Waals surface area contributed by atoms with E-state index >= 15 is 0 Å². The third kappa shape index (κ3) is 4.16. The molecular formula is C16H11Cl2FO. The van der Waals surface area contributed by atoms with Crippen LogP contribution >= 0.6 is 23.2 Å². The number of benzene rings is 2. The van der Waals surface area contributed by atoms with E-state index in [4.69, 9.17) is 27.9 Å². The molecule has 2 rings (SSSR count). The summed E-state index contributed by atoms with van der Waals surface area (Å²) in [5.41, 5.74) is 1.37. The van der Waals surface area contributed by atoms with Gasteiger partial charge in [-0.3, -0.25) is 0 Å². The van der Waals surface area contributed by atoms with Gasteiger partial charge in [-0.25, -0.2) is 4.39 Å². The van der Waals surface area contributed by atoms with Crippen LogP contribution in [0.3, 0.4) is 0 Å². The summed E-state index contributed by atoms with van der Waals surface area (Å²) < 4.78 is 19.0. The third-order valence-electron chi connectivity index (χ3n) is 2.52. The Bertz CT molecular complexity index is 659. The van der Waals surface area contributed by atoms with E-state index in [0.29, 0.717) is 16.3 Å². The van der Waals surface area contributed by atoms with Crippen LogP contribution in [0.15, 0.2) is 42.5 Å². The van der Waals surface area contributed by atoms with Gasteiger partial charge in [-0.05, 0) is 18.2 Å². The van der Waals surface area contributed by atoms with Crippen molar-refractivity contribution in [2.24, 2.45) is 0 Å². The predicted molar refractivity (Wildman–Crippen MR) is 79.8 cm³/mol. The lowest BCUT2D eigenvalue weighted by Crippen LogP contribution is -1.97. The second kappa shape index (κ2) is 7.19. The smallest absolute Gasteiger partial charge is 0.128 e. The molecule has 0 aliphatic carbocycles. The summed E-state index contributed by atoms with van der Waals surface area (Å²) in [7, 11) is 0. The topological polar surface area (TPSA) is 9.23 Å². The number of ether oxygens (including phenoxy) is 1. The Balaban J connectivity index is 2.13. The lowest BCUT2D eigenvalue weighted by molar-refractivity contribution is 0.304. The van der Waals surface area contributed by atoms with Crippen LogP contribution in [0.25, 0.3) is 0 Å². The van der Waals surface area contributed by atoms with Gasteiger partial charge in [0.25, 0.3) is 0 Å². The normalized spacial score (nSPS) is 9.75. The molecule has 0 bridgehead atoms. The zero-order valence-corrected chi connectivity index (χ0v) is 12.0. The minimum atomic E-state index is -0.402. The summed E-state index contributed by atoms with van der Waals surface area (Å²) >= 11 is 11.5. The van der Waals surface area contributed by atoms with E-state index in [1.807, 2.05) is 18.2 Å². The van der Waals surface area contributed by atoms with Gasteiger partial charge in [0.05, 0.1) is 5.88 Å². The molecule has 0 saturated carbocycles. The molecule has 2 aromatic carbocycles. The van der Waals surface area contributed by atoms with E-state index in [1.54, 1.807) is 12.1 Å². The number of hydrogen-bond acceptors (Lipinski definition) is 1. The van der Waals surface area contributed by atoms with Crippen molar-refractivity contribution < 1.29 is 9.13 Å². The molecule has 2 aromatic rings. The number of rotatable bonds is 3. The van der Waals surface area contributed by atoms with E-state index in [0.717, 1.165) is 5.56 Å². The summed E-state index contributed by atoms with van der Waals surface area (Å²) in [6.45, 7) is 0.269. The van der Waals surface area contributed by atoms with Crippen molar-refractivity contribution in [3.05, 3.63) is 64.4 Å². The fraction of sp³-hybridized carbons (Fsp3) is 0.125. The Kier molecular flexibility index (Phi) is 5.29. The minimum absolute atomic E-state index is 0.201. The molecule has 20 heavy (non-hydrogen) atoms. The fourth-order valence-corrected chi connectivity index (χ4v) is 1.89. The molecule has 0 unspecified atom stereocenters. The fourth-order valence-electron chi connectivity index (χ4n) is 1.63. The van der Waals surface area contributed by atoms with Crippen molar-refractivity contribution in [1.82, 2.24) is 0 Å². The molecule has 0 radical (unpaired) electrons. The zero-order chi connectivity index (χ0) is 14.4. The SMILES string of the molecule is Fc1cc(C#CCCl)cc(OCc2ccccc2Cl)c1. The van der Waals surface area contributed by atoms with Crippen molar-refractivity contribution >= 4 is 23.2 Å². The molecule has 4 heteroatoms. The highest BCUT2D eigenvalue weighted by Gasteiger charge is 2.03. The molecule has 0 aliphatic heterocycles. The molecule has 0 saturated heterocycles. The maximum absolute atomic E-state index is 13.5. The van der Waals surface area contributed by atoms with Gasteiger partial charge in [-0.15, -0.1) is 11.6 Å². The first-order chi connectivity index (χ1) is 9.69. The van der Waals surface area contributed by atoms with E-state index in [2.05, 4.69) is 11.8 Å². The molecule has 0 spiro atoms. The van der Waals surface area contributed by atoms with Crippen molar-refractivity contribution in [1.29, 1.82) is 0 Å². The molecule has 0 amide bonds. The highest BCUT2D eigenvalue weighted by Crippen LogP contribution is 2.20. The van der Waals surface area contributed by atoms with Crippen LogP contribution < -0.4 is 4.74 Å². The van der Waals surface area contributed by atoms with Crippen molar-refractivity contribution in [2.75, 3.05) is 5.88 Å². The van der Waals surface area contributed by atoms with Gasteiger partial charge in [0.2, 0.25) is 0 Å². The van der Waals surface area contributed by atoms with Gasteiger partial charge in [-0.2, -0.15) is 0 Å². The summed E-state index contributed by atoms with van der Waals surface area (Å²) in [4.78, 5) is 0. The Morgan fingerprint density at radius 3 is 2.70 bits per heavy atom. The minimum Gasteiger partial charge on any atom is -0.489 e. The van der Waals surface area contributed by atoms with Crippen LogP contribution in [0.5, 0.6) is 5.75 Å². The Labute approximate surface area is 127 Å². The molecule has 1 nitrogen and oxygen atoms in total. The molecule has 0 fully saturated rings. The van der Waals surface area contributed by atoms with Crippen LogP contribution in [-0.4, -0.2) is 5.88 Å².